The van der Waals surface area contributed by atoms with Gasteiger partial charge in [0.15, 0.2) is 0 Å². The fourth-order valence-electron chi connectivity index (χ4n) is 2.19. The molecule has 0 saturated carbocycles. The molecule has 27 heavy (non-hydrogen) atoms. The largest absolute Gasteiger partial charge is 0.466 e. The quantitative estimate of drug-likeness (QED) is 0.516. The van der Waals surface area contributed by atoms with Gasteiger partial charge in [0.05, 0.1) is 13.0 Å². The first-order valence-electron chi connectivity index (χ1n) is 7.51. The van der Waals surface area contributed by atoms with Gasteiger partial charge in [0.2, 0.25) is 6.10 Å². The fourth-order valence-corrected chi connectivity index (χ4v) is 2.19. The molecule has 0 N–H and O–H groups in total. The van der Waals surface area contributed by atoms with E-state index in [1.165, 1.54) is 13.0 Å². The SMILES string of the molecule is CCOC(=O)C[C@@H](OC(=O)[C@@](OC)(c1ccccc1)C(F)(F)F)C(F)(F)F. The third-order valence-corrected chi connectivity index (χ3v) is 3.44. The van der Waals surface area contributed by atoms with Crippen molar-refractivity contribution in [2.24, 2.45) is 0 Å². The van der Waals surface area contributed by atoms with E-state index in [0.717, 1.165) is 24.3 Å². The van der Waals surface area contributed by atoms with E-state index in [1.54, 1.807) is 0 Å². The topological polar surface area (TPSA) is 61.8 Å². The van der Waals surface area contributed by atoms with Crippen LogP contribution in [0.3, 0.4) is 0 Å². The summed E-state index contributed by atoms with van der Waals surface area (Å²) in [6.45, 7) is 1.06. The molecule has 0 aliphatic rings. The van der Waals surface area contributed by atoms with Crippen LogP contribution in [0, 0.1) is 0 Å². The molecule has 2 atom stereocenters. The number of rotatable bonds is 7. The molecule has 0 bridgehead atoms. The minimum absolute atomic E-state index is 0.258. The van der Waals surface area contributed by atoms with E-state index in [0.29, 0.717) is 7.11 Å². The van der Waals surface area contributed by atoms with Crippen LogP contribution in [0.4, 0.5) is 26.3 Å². The highest BCUT2D eigenvalue weighted by Crippen LogP contribution is 2.44. The van der Waals surface area contributed by atoms with Crippen molar-refractivity contribution in [1.29, 1.82) is 0 Å². The van der Waals surface area contributed by atoms with Crippen LogP contribution in [0.15, 0.2) is 30.3 Å². The van der Waals surface area contributed by atoms with Gasteiger partial charge in [0.25, 0.3) is 5.60 Å². The van der Waals surface area contributed by atoms with Gasteiger partial charge >= 0.3 is 24.3 Å². The van der Waals surface area contributed by atoms with Gasteiger partial charge < -0.3 is 14.2 Å². The zero-order valence-corrected chi connectivity index (χ0v) is 14.2. The number of hydrogen-bond donors (Lipinski definition) is 0. The van der Waals surface area contributed by atoms with E-state index in [1.807, 2.05) is 0 Å². The number of alkyl halides is 6. The van der Waals surface area contributed by atoms with Crippen molar-refractivity contribution in [3.8, 4) is 0 Å². The standard InChI is InChI=1S/C16H16F6O5/c1-3-26-12(23)9-11(15(17,18)19)27-13(24)14(25-2,16(20,21)22)10-7-5-4-6-8-10/h4-8,11H,3,9H2,1-2H3/t11-,14+/m1/s1. The van der Waals surface area contributed by atoms with Crippen molar-refractivity contribution < 1.29 is 50.1 Å². The molecular formula is C16H16F6O5. The molecule has 0 aromatic heterocycles. The van der Waals surface area contributed by atoms with Gasteiger partial charge in [-0.05, 0) is 6.92 Å². The van der Waals surface area contributed by atoms with Gasteiger partial charge in [-0.1, -0.05) is 30.3 Å². The highest BCUT2D eigenvalue weighted by atomic mass is 19.4. The molecule has 1 aromatic carbocycles. The Balaban J connectivity index is 3.30. The third kappa shape index (κ3) is 5.12. The molecule has 0 unspecified atom stereocenters. The molecule has 0 spiro atoms. The Kier molecular flexibility index (Phi) is 7.24. The van der Waals surface area contributed by atoms with Gasteiger partial charge in [0.1, 0.15) is 0 Å². The van der Waals surface area contributed by atoms with Crippen LogP contribution < -0.4 is 0 Å². The summed E-state index contributed by atoms with van der Waals surface area (Å²) in [5.74, 6) is -3.74. The van der Waals surface area contributed by atoms with Crippen LogP contribution in [0.5, 0.6) is 0 Å². The number of carbonyl (C=O) groups excluding carboxylic acids is 2. The Morgan fingerprint density at radius 2 is 1.59 bits per heavy atom. The highest BCUT2D eigenvalue weighted by molar-refractivity contribution is 5.83. The van der Waals surface area contributed by atoms with Crippen LogP contribution in [0.1, 0.15) is 18.9 Å². The zero-order valence-electron chi connectivity index (χ0n) is 14.2. The van der Waals surface area contributed by atoms with Crippen LogP contribution in [0.25, 0.3) is 0 Å². The number of methoxy groups -OCH3 is 1. The van der Waals surface area contributed by atoms with E-state index in [2.05, 4.69) is 14.2 Å². The first kappa shape index (κ1) is 22.7. The minimum atomic E-state index is -5.44. The molecule has 0 fully saturated rings. The molecule has 0 aliphatic carbocycles. The Labute approximate surface area is 150 Å². The molecule has 0 amide bonds. The Morgan fingerprint density at radius 3 is 2.00 bits per heavy atom. The number of ether oxygens (including phenoxy) is 3. The smallest absolute Gasteiger partial charge is 0.432 e. The van der Waals surface area contributed by atoms with E-state index < -0.39 is 48.0 Å². The molecule has 0 radical (unpaired) electrons. The van der Waals surface area contributed by atoms with E-state index in [4.69, 9.17) is 0 Å². The lowest BCUT2D eigenvalue weighted by Crippen LogP contribution is -2.53. The van der Waals surface area contributed by atoms with Gasteiger partial charge in [-0.25, -0.2) is 4.79 Å². The second-order valence-corrected chi connectivity index (χ2v) is 5.19. The van der Waals surface area contributed by atoms with Crippen molar-refractivity contribution in [2.75, 3.05) is 13.7 Å². The summed E-state index contributed by atoms with van der Waals surface area (Å²) in [5, 5.41) is 0. The minimum Gasteiger partial charge on any atom is -0.466 e. The van der Waals surface area contributed by atoms with Gasteiger partial charge in [-0.2, -0.15) is 26.3 Å². The van der Waals surface area contributed by atoms with Crippen molar-refractivity contribution in [3.05, 3.63) is 35.9 Å². The van der Waals surface area contributed by atoms with Crippen molar-refractivity contribution in [1.82, 2.24) is 0 Å². The number of esters is 2. The van der Waals surface area contributed by atoms with Crippen LogP contribution in [-0.2, 0) is 29.4 Å². The molecule has 11 heteroatoms. The monoisotopic (exact) mass is 402 g/mol. The number of benzene rings is 1. The maximum absolute atomic E-state index is 13.6. The lowest BCUT2D eigenvalue weighted by Gasteiger charge is -2.33. The summed E-state index contributed by atoms with van der Waals surface area (Å²) in [4.78, 5) is 23.5. The second-order valence-electron chi connectivity index (χ2n) is 5.19. The third-order valence-electron chi connectivity index (χ3n) is 3.44. The predicted octanol–water partition coefficient (Wildman–Crippen LogP) is 3.52. The molecule has 0 saturated heterocycles. The fraction of sp³-hybridized carbons (Fsp3) is 0.500. The van der Waals surface area contributed by atoms with Crippen LogP contribution in [-0.4, -0.2) is 44.1 Å². The van der Waals surface area contributed by atoms with E-state index in [9.17, 15) is 35.9 Å². The van der Waals surface area contributed by atoms with Gasteiger partial charge in [-0.3, -0.25) is 4.79 Å². The Hall–Kier alpha value is -2.30. The van der Waals surface area contributed by atoms with Crippen LogP contribution in [0.2, 0.25) is 0 Å². The average Bonchev–Trinajstić information content (AvgIpc) is 2.54. The normalized spacial score (nSPS) is 15.6. The molecule has 5 nitrogen and oxygen atoms in total. The predicted molar refractivity (Wildman–Crippen MR) is 78.4 cm³/mol. The number of halogens is 6. The Bertz CT molecular complexity index is 643. The summed E-state index contributed by atoms with van der Waals surface area (Å²) >= 11 is 0. The summed E-state index contributed by atoms with van der Waals surface area (Å²) < 4.78 is 92.8. The van der Waals surface area contributed by atoms with Gasteiger partial charge in [-0.15, -0.1) is 0 Å². The first-order valence-corrected chi connectivity index (χ1v) is 7.51. The molecule has 152 valence electrons. The molecule has 0 aliphatic heterocycles. The molecule has 1 rings (SSSR count). The maximum atomic E-state index is 13.6. The lowest BCUT2D eigenvalue weighted by atomic mass is 9.92. The van der Waals surface area contributed by atoms with Crippen LogP contribution >= 0.6 is 0 Å². The number of hydrogen-bond acceptors (Lipinski definition) is 5. The van der Waals surface area contributed by atoms with Gasteiger partial charge in [0, 0.05) is 12.7 Å². The second kappa shape index (κ2) is 8.59. The first-order chi connectivity index (χ1) is 12.4. The Morgan fingerprint density at radius 1 is 1.04 bits per heavy atom. The lowest BCUT2D eigenvalue weighted by molar-refractivity contribution is -0.288. The summed E-state index contributed by atoms with van der Waals surface area (Å²) in [6.07, 6.45) is -15.4. The van der Waals surface area contributed by atoms with E-state index in [-0.39, 0.29) is 6.61 Å². The summed E-state index contributed by atoms with van der Waals surface area (Å²) in [7, 11) is 0.510. The van der Waals surface area contributed by atoms with E-state index >= 15 is 0 Å². The molecule has 1 aromatic rings. The highest BCUT2D eigenvalue weighted by Gasteiger charge is 2.65. The molecule has 0 heterocycles. The molecular weight excluding hydrogens is 386 g/mol. The van der Waals surface area contributed by atoms with Crippen molar-refractivity contribution in [3.63, 3.8) is 0 Å². The number of carbonyl (C=O) groups is 2. The van der Waals surface area contributed by atoms with Crippen molar-refractivity contribution >= 4 is 11.9 Å². The summed E-state index contributed by atoms with van der Waals surface area (Å²) in [5.41, 5.74) is -4.58. The maximum Gasteiger partial charge on any atom is 0.432 e. The van der Waals surface area contributed by atoms with Crippen molar-refractivity contribution in [2.45, 2.75) is 37.4 Å². The summed E-state index contributed by atoms with van der Waals surface area (Å²) in [6, 6.07) is 5.33. The average molecular weight is 402 g/mol. The zero-order chi connectivity index (χ0) is 20.9.